The first kappa shape index (κ1) is 26.6. The Morgan fingerprint density at radius 1 is 0.750 bits per heavy atom. The largest absolute Gasteiger partial charge is 0.469 e. The van der Waals surface area contributed by atoms with Crippen molar-refractivity contribution >= 4 is 29.1 Å². The van der Waals surface area contributed by atoms with Crippen LogP contribution in [0.1, 0.15) is 31.2 Å². The highest BCUT2D eigenvalue weighted by molar-refractivity contribution is 5.93. The van der Waals surface area contributed by atoms with Gasteiger partial charge in [-0.1, -0.05) is 45.8 Å². The fourth-order valence-electron chi connectivity index (χ4n) is 2.91. The number of hydrogen-bond donors (Lipinski definition) is 3. The lowest BCUT2D eigenvalue weighted by atomic mass is 10.1. The minimum absolute atomic E-state index is 0.0258. The normalized spacial score (nSPS) is 12.7. The molecule has 1 rings (SSSR count). The van der Waals surface area contributed by atoms with E-state index in [9.17, 15) is 25.2 Å². The van der Waals surface area contributed by atoms with Crippen LogP contribution < -0.4 is 0 Å². The zero-order valence-corrected chi connectivity index (χ0v) is 18.3. The van der Waals surface area contributed by atoms with Crippen molar-refractivity contribution in [2.24, 2.45) is 15.5 Å². The second-order valence-corrected chi connectivity index (χ2v) is 6.96. The van der Waals surface area contributed by atoms with E-state index >= 15 is 0 Å². The van der Waals surface area contributed by atoms with Crippen LogP contribution in [-0.2, 0) is 25.5 Å². The topological polar surface area (TPSA) is 154 Å². The first-order chi connectivity index (χ1) is 15.4. The highest BCUT2D eigenvalue weighted by Crippen LogP contribution is 2.07. The first-order valence-electron chi connectivity index (χ1n) is 9.95. The van der Waals surface area contributed by atoms with Crippen molar-refractivity contribution in [2.45, 2.75) is 32.1 Å². The van der Waals surface area contributed by atoms with Crippen LogP contribution in [0.3, 0.4) is 0 Å². The van der Waals surface area contributed by atoms with E-state index in [0.29, 0.717) is 12.1 Å². The lowest BCUT2D eigenvalue weighted by Gasteiger charge is -2.23. The number of methoxy groups -OCH3 is 2. The molecule has 0 aromatic heterocycles. The summed E-state index contributed by atoms with van der Waals surface area (Å²) >= 11 is 0. The van der Waals surface area contributed by atoms with E-state index in [1.54, 1.807) is 4.90 Å². The summed E-state index contributed by atoms with van der Waals surface area (Å²) in [6.45, 7) is 0.344. The predicted molar refractivity (Wildman–Crippen MR) is 117 cm³/mol. The monoisotopic (exact) mass is 450 g/mol. The zero-order valence-electron chi connectivity index (χ0n) is 18.3. The molecule has 0 spiro atoms. The number of ether oxygens (including phenoxy) is 2. The van der Waals surface area contributed by atoms with Crippen LogP contribution in [-0.4, -0.2) is 83.4 Å². The van der Waals surface area contributed by atoms with Crippen molar-refractivity contribution in [3.8, 4) is 0 Å². The smallest absolute Gasteiger partial charge is 0.305 e. The van der Waals surface area contributed by atoms with Crippen molar-refractivity contribution in [3.05, 3.63) is 35.9 Å². The number of carbonyl (C=O) groups is 2. The van der Waals surface area contributed by atoms with Gasteiger partial charge >= 0.3 is 11.9 Å². The van der Waals surface area contributed by atoms with Gasteiger partial charge < -0.3 is 25.1 Å². The molecule has 1 aromatic rings. The van der Waals surface area contributed by atoms with Gasteiger partial charge in [0, 0.05) is 38.9 Å². The molecule has 3 N–H and O–H groups in total. The zero-order chi connectivity index (χ0) is 23.8. The molecule has 11 nitrogen and oxygen atoms in total. The Labute approximate surface area is 186 Å². The molecule has 0 atom stereocenters. The molecule has 0 saturated carbocycles. The maximum absolute atomic E-state index is 11.4. The second kappa shape index (κ2) is 15.3. The van der Waals surface area contributed by atoms with Crippen LogP contribution in [0, 0.1) is 0 Å². The second-order valence-electron chi connectivity index (χ2n) is 6.96. The van der Waals surface area contributed by atoms with Gasteiger partial charge in [0.15, 0.2) is 0 Å². The lowest BCUT2D eigenvalue weighted by molar-refractivity contribution is -0.141. The molecule has 0 bridgehead atoms. The molecule has 0 saturated heterocycles. The fourth-order valence-corrected chi connectivity index (χ4v) is 2.91. The van der Waals surface area contributed by atoms with Gasteiger partial charge in [0.1, 0.15) is 0 Å². The van der Waals surface area contributed by atoms with Crippen LogP contribution in [0.5, 0.6) is 0 Å². The van der Waals surface area contributed by atoms with Gasteiger partial charge in [0.05, 0.1) is 44.2 Å². The Hall–Kier alpha value is -3.47. The molecule has 11 heteroatoms. The van der Waals surface area contributed by atoms with E-state index in [1.807, 2.05) is 30.3 Å². The SMILES string of the molecule is COC(=O)CC/C(CN(C/C(CCC(=O)OC)=N\O)C/C(Cc1ccccc1)=N/O)=N/O. The Morgan fingerprint density at radius 3 is 1.59 bits per heavy atom. The average molecular weight is 450 g/mol. The third-order valence-electron chi connectivity index (χ3n) is 4.58. The van der Waals surface area contributed by atoms with Gasteiger partial charge in [0.2, 0.25) is 0 Å². The Balaban J connectivity index is 2.94. The Morgan fingerprint density at radius 2 is 1.19 bits per heavy atom. The van der Waals surface area contributed by atoms with Crippen molar-refractivity contribution in [1.29, 1.82) is 0 Å². The number of oxime groups is 3. The standard InChI is InChI=1S/C21H30N4O7/c1-31-20(26)10-8-17(22-28)13-25(14-18(23-29)9-11-21(27)32-2)15-19(24-30)12-16-6-4-3-5-7-16/h3-7,28-30H,8-15H2,1-2H3/b22-17-,23-18-,24-19+. The van der Waals surface area contributed by atoms with Crippen LogP contribution in [0.15, 0.2) is 45.8 Å². The highest BCUT2D eigenvalue weighted by atomic mass is 16.5. The molecule has 0 aliphatic rings. The molecule has 0 amide bonds. The summed E-state index contributed by atoms with van der Waals surface area (Å²) in [5.74, 6) is -0.898. The van der Waals surface area contributed by atoms with Gasteiger partial charge in [-0.2, -0.15) is 0 Å². The van der Waals surface area contributed by atoms with E-state index in [2.05, 4.69) is 24.9 Å². The summed E-state index contributed by atoms with van der Waals surface area (Å²) in [5.41, 5.74) is 1.94. The number of benzene rings is 1. The van der Waals surface area contributed by atoms with Gasteiger partial charge in [-0.25, -0.2) is 0 Å². The molecule has 0 heterocycles. The molecule has 0 radical (unpaired) electrons. The number of carbonyl (C=O) groups excluding carboxylic acids is 2. The van der Waals surface area contributed by atoms with Crippen molar-refractivity contribution in [2.75, 3.05) is 33.9 Å². The molecule has 1 aromatic carbocycles. The van der Waals surface area contributed by atoms with Crippen LogP contribution in [0.2, 0.25) is 0 Å². The third kappa shape index (κ3) is 10.5. The number of esters is 2. The van der Waals surface area contributed by atoms with E-state index < -0.39 is 11.9 Å². The van der Waals surface area contributed by atoms with Gasteiger partial charge in [-0.3, -0.25) is 14.5 Å². The van der Waals surface area contributed by atoms with Crippen molar-refractivity contribution < 1.29 is 34.7 Å². The van der Waals surface area contributed by atoms with E-state index in [1.165, 1.54) is 14.2 Å². The maximum atomic E-state index is 11.4. The van der Waals surface area contributed by atoms with E-state index in [4.69, 9.17) is 0 Å². The Kier molecular flexibility index (Phi) is 12.7. The molecular weight excluding hydrogens is 420 g/mol. The van der Waals surface area contributed by atoms with Crippen LogP contribution in [0.4, 0.5) is 0 Å². The first-order valence-corrected chi connectivity index (χ1v) is 9.95. The van der Waals surface area contributed by atoms with E-state index in [0.717, 1.165) is 5.56 Å². The number of hydrogen-bond acceptors (Lipinski definition) is 11. The van der Waals surface area contributed by atoms with Crippen molar-refractivity contribution in [1.82, 2.24) is 4.90 Å². The molecule has 32 heavy (non-hydrogen) atoms. The molecule has 0 aliphatic carbocycles. The summed E-state index contributed by atoms with van der Waals surface area (Å²) in [6.07, 6.45) is 0.723. The van der Waals surface area contributed by atoms with E-state index in [-0.39, 0.29) is 56.7 Å². The van der Waals surface area contributed by atoms with Gasteiger partial charge in [-0.15, -0.1) is 0 Å². The summed E-state index contributed by atoms with van der Waals surface area (Å²) < 4.78 is 9.22. The molecule has 0 fully saturated rings. The minimum atomic E-state index is -0.449. The summed E-state index contributed by atoms with van der Waals surface area (Å²) in [4.78, 5) is 24.6. The summed E-state index contributed by atoms with van der Waals surface area (Å²) in [5, 5.41) is 38.2. The van der Waals surface area contributed by atoms with Crippen LogP contribution >= 0.6 is 0 Å². The Bertz CT molecular complexity index is 772. The minimum Gasteiger partial charge on any atom is -0.469 e. The fraction of sp³-hybridized carbons (Fsp3) is 0.476. The quantitative estimate of drug-likeness (QED) is 0.168. The van der Waals surface area contributed by atoms with Gasteiger partial charge in [0.25, 0.3) is 0 Å². The number of rotatable bonds is 14. The summed E-state index contributed by atoms with van der Waals surface area (Å²) in [6, 6.07) is 9.40. The molecule has 0 aliphatic heterocycles. The van der Waals surface area contributed by atoms with Gasteiger partial charge in [-0.05, 0) is 5.56 Å². The highest BCUT2D eigenvalue weighted by Gasteiger charge is 2.18. The number of nitrogens with zero attached hydrogens (tertiary/aromatic N) is 4. The molecule has 176 valence electrons. The molecular formula is C21H30N4O7. The maximum Gasteiger partial charge on any atom is 0.305 e. The predicted octanol–water partition coefficient (Wildman–Crippen LogP) is 1.93. The van der Waals surface area contributed by atoms with Crippen molar-refractivity contribution in [3.63, 3.8) is 0 Å². The average Bonchev–Trinajstić information content (AvgIpc) is 2.83. The summed E-state index contributed by atoms with van der Waals surface area (Å²) in [7, 11) is 2.53. The molecule has 0 unspecified atom stereocenters. The third-order valence-corrected chi connectivity index (χ3v) is 4.58. The van der Waals surface area contributed by atoms with Crippen LogP contribution in [0.25, 0.3) is 0 Å². The lowest BCUT2D eigenvalue weighted by Crippen LogP contribution is -2.39.